The topological polar surface area (TPSA) is 78.8 Å². The molecule has 1 aromatic rings. The molecule has 0 bridgehead atoms. The van der Waals surface area contributed by atoms with E-state index >= 15 is 0 Å². The van der Waals surface area contributed by atoms with Gasteiger partial charge in [0.25, 0.3) is 10.2 Å². The summed E-state index contributed by atoms with van der Waals surface area (Å²) in [5.74, 6) is 0.194. The number of hydrogen-bond acceptors (Lipinski definition) is 4. The number of fused-ring (bicyclic) bond motifs is 1. The summed E-state index contributed by atoms with van der Waals surface area (Å²) in [6.45, 7) is 2.17. The molecule has 3 heterocycles. The Balaban J connectivity index is 1.75. The molecule has 128 valence electrons. The largest absolute Gasteiger partial charge is 0.343 e. The van der Waals surface area contributed by atoms with Gasteiger partial charge in [0.2, 0.25) is 5.91 Å². The lowest BCUT2D eigenvalue weighted by molar-refractivity contribution is -0.127. The Morgan fingerprint density at radius 2 is 2.17 bits per heavy atom. The molecule has 23 heavy (non-hydrogen) atoms. The minimum Gasteiger partial charge on any atom is -0.343 e. The maximum absolute atomic E-state index is 12.4. The number of likely N-dealkylation sites (tertiary alicyclic amines) is 1. The summed E-state index contributed by atoms with van der Waals surface area (Å²) in [5, 5.41) is 4.34. The number of carbonyl (C=O) groups is 1. The van der Waals surface area contributed by atoms with E-state index in [1.165, 1.54) is 8.61 Å². The minimum absolute atomic E-state index is 0.0446. The molecule has 0 N–H and O–H groups in total. The lowest BCUT2D eigenvalue weighted by Gasteiger charge is -2.35. The highest BCUT2D eigenvalue weighted by atomic mass is 32.2. The molecule has 1 fully saturated rings. The van der Waals surface area contributed by atoms with Gasteiger partial charge in [0.05, 0.1) is 18.3 Å². The van der Waals surface area contributed by atoms with E-state index in [1.807, 2.05) is 15.6 Å². The lowest BCUT2D eigenvalue weighted by atomic mass is 10.1. The predicted molar refractivity (Wildman–Crippen MR) is 84.7 cm³/mol. The third-order valence-corrected chi connectivity index (χ3v) is 6.40. The summed E-state index contributed by atoms with van der Waals surface area (Å²) >= 11 is 0. The zero-order chi connectivity index (χ0) is 16.6. The van der Waals surface area contributed by atoms with Crippen LogP contribution in [0, 0.1) is 0 Å². The summed E-state index contributed by atoms with van der Waals surface area (Å²) in [6, 6.07) is 1.81. The zero-order valence-corrected chi connectivity index (χ0v) is 14.4. The van der Waals surface area contributed by atoms with Crippen molar-refractivity contribution >= 4 is 16.1 Å². The van der Waals surface area contributed by atoms with Crippen molar-refractivity contribution in [2.24, 2.45) is 0 Å². The Bertz CT molecular complexity index is 684. The van der Waals surface area contributed by atoms with Crippen LogP contribution < -0.4 is 0 Å². The first-order valence-electron chi connectivity index (χ1n) is 7.87. The fraction of sp³-hybridized carbons (Fsp3) is 0.714. The van der Waals surface area contributed by atoms with E-state index in [0.29, 0.717) is 32.5 Å². The van der Waals surface area contributed by atoms with Crippen molar-refractivity contribution < 1.29 is 13.2 Å². The van der Waals surface area contributed by atoms with Crippen LogP contribution in [0.25, 0.3) is 0 Å². The van der Waals surface area contributed by atoms with E-state index < -0.39 is 10.2 Å². The van der Waals surface area contributed by atoms with E-state index in [0.717, 1.165) is 18.7 Å². The van der Waals surface area contributed by atoms with Gasteiger partial charge in [-0.3, -0.25) is 9.48 Å². The average molecular weight is 341 g/mol. The summed E-state index contributed by atoms with van der Waals surface area (Å²) in [7, 11) is -0.375. The van der Waals surface area contributed by atoms with Gasteiger partial charge in [0.1, 0.15) is 0 Å². The van der Waals surface area contributed by atoms with Gasteiger partial charge in [-0.2, -0.15) is 22.1 Å². The first kappa shape index (κ1) is 16.4. The van der Waals surface area contributed by atoms with Gasteiger partial charge >= 0.3 is 0 Å². The van der Waals surface area contributed by atoms with Crippen LogP contribution in [-0.2, 0) is 21.5 Å². The Labute approximate surface area is 136 Å². The van der Waals surface area contributed by atoms with Crippen molar-refractivity contribution in [1.29, 1.82) is 0 Å². The number of rotatable bonds is 5. The SMILES string of the molecule is CN(C)S(=O)(=O)N1Cc2ccnn2[C@@H](CCN2CCCC2=O)C1. The van der Waals surface area contributed by atoms with Crippen molar-refractivity contribution in [1.82, 2.24) is 23.3 Å². The third-order valence-electron chi connectivity index (χ3n) is 4.54. The van der Waals surface area contributed by atoms with Gasteiger partial charge in [-0.05, 0) is 18.9 Å². The van der Waals surface area contributed by atoms with Crippen LogP contribution in [0.4, 0.5) is 0 Å². The molecular weight excluding hydrogens is 318 g/mol. The van der Waals surface area contributed by atoms with Crippen LogP contribution in [0.1, 0.15) is 31.0 Å². The number of nitrogens with zero attached hydrogens (tertiary/aromatic N) is 5. The maximum atomic E-state index is 12.4. The standard InChI is InChI=1S/C14H23N5O3S/c1-16(2)23(21,22)18-10-12-5-7-15-19(12)13(11-18)6-9-17-8-3-4-14(17)20/h5,7,13H,3-4,6,8-11H2,1-2H3/t13-/m0/s1. The van der Waals surface area contributed by atoms with Crippen molar-refractivity contribution in [2.45, 2.75) is 31.8 Å². The molecule has 0 spiro atoms. The molecule has 0 aliphatic carbocycles. The molecule has 8 nitrogen and oxygen atoms in total. The van der Waals surface area contributed by atoms with Crippen LogP contribution in [0.2, 0.25) is 0 Å². The van der Waals surface area contributed by atoms with Crippen LogP contribution in [-0.4, -0.2) is 71.3 Å². The van der Waals surface area contributed by atoms with E-state index in [4.69, 9.17) is 0 Å². The maximum Gasteiger partial charge on any atom is 0.281 e. The van der Waals surface area contributed by atoms with E-state index in [2.05, 4.69) is 5.10 Å². The second kappa shape index (κ2) is 6.21. The lowest BCUT2D eigenvalue weighted by Crippen LogP contribution is -2.46. The van der Waals surface area contributed by atoms with Crippen LogP contribution >= 0.6 is 0 Å². The molecule has 0 saturated carbocycles. The van der Waals surface area contributed by atoms with Gasteiger partial charge in [-0.25, -0.2) is 0 Å². The summed E-state index contributed by atoms with van der Waals surface area (Å²) < 4.78 is 29.5. The van der Waals surface area contributed by atoms with Crippen molar-refractivity contribution in [3.63, 3.8) is 0 Å². The molecule has 0 aromatic carbocycles. The van der Waals surface area contributed by atoms with Crippen LogP contribution in [0.3, 0.4) is 0 Å². The van der Waals surface area contributed by atoms with Gasteiger partial charge in [-0.1, -0.05) is 0 Å². The van der Waals surface area contributed by atoms with E-state index in [1.54, 1.807) is 20.3 Å². The molecule has 0 radical (unpaired) electrons. The summed E-state index contributed by atoms with van der Waals surface area (Å²) in [6.07, 6.45) is 3.95. The Kier molecular flexibility index (Phi) is 4.43. The monoisotopic (exact) mass is 341 g/mol. The molecule has 9 heteroatoms. The molecule has 2 aliphatic rings. The quantitative estimate of drug-likeness (QED) is 0.759. The van der Waals surface area contributed by atoms with E-state index in [-0.39, 0.29) is 11.9 Å². The Morgan fingerprint density at radius 1 is 1.39 bits per heavy atom. The number of carbonyl (C=O) groups excluding carboxylic acids is 1. The highest BCUT2D eigenvalue weighted by Crippen LogP contribution is 2.26. The normalized spacial score (nSPS) is 22.8. The Morgan fingerprint density at radius 3 is 2.83 bits per heavy atom. The summed E-state index contributed by atoms with van der Waals surface area (Å²) in [5.41, 5.74) is 0.888. The van der Waals surface area contributed by atoms with Crippen LogP contribution in [0.5, 0.6) is 0 Å². The fourth-order valence-electron chi connectivity index (χ4n) is 3.22. The fourth-order valence-corrected chi connectivity index (χ4v) is 4.34. The smallest absolute Gasteiger partial charge is 0.281 e. The molecule has 1 saturated heterocycles. The van der Waals surface area contributed by atoms with E-state index in [9.17, 15) is 13.2 Å². The molecule has 1 atom stereocenters. The molecular formula is C14H23N5O3S. The van der Waals surface area contributed by atoms with Gasteiger partial charge in [-0.15, -0.1) is 0 Å². The van der Waals surface area contributed by atoms with Crippen molar-refractivity contribution in [2.75, 3.05) is 33.7 Å². The molecule has 0 unspecified atom stereocenters. The van der Waals surface area contributed by atoms with Crippen molar-refractivity contribution in [3.05, 3.63) is 18.0 Å². The average Bonchev–Trinajstić information content (AvgIpc) is 3.13. The number of amides is 1. The second-order valence-electron chi connectivity index (χ2n) is 6.28. The first-order chi connectivity index (χ1) is 10.9. The van der Waals surface area contributed by atoms with Crippen molar-refractivity contribution in [3.8, 4) is 0 Å². The van der Waals surface area contributed by atoms with Gasteiger partial charge < -0.3 is 4.90 Å². The molecule has 1 amide bonds. The predicted octanol–water partition coefficient (Wildman–Crippen LogP) is 0.0587. The number of hydrogen-bond donors (Lipinski definition) is 0. The summed E-state index contributed by atoms with van der Waals surface area (Å²) in [4.78, 5) is 13.6. The third kappa shape index (κ3) is 3.13. The van der Waals surface area contributed by atoms with Crippen LogP contribution in [0.15, 0.2) is 12.3 Å². The second-order valence-corrected chi connectivity index (χ2v) is 8.42. The minimum atomic E-state index is -3.46. The Hall–Kier alpha value is -1.45. The molecule has 2 aliphatic heterocycles. The molecule has 3 rings (SSSR count). The van der Waals surface area contributed by atoms with Gasteiger partial charge in [0, 0.05) is 46.3 Å². The highest BCUT2D eigenvalue weighted by Gasteiger charge is 2.34. The van der Waals surface area contributed by atoms with Gasteiger partial charge in [0.15, 0.2) is 0 Å². The first-order valence-corrected chi connectivity index (χ1v) is 9.27. The number of aromatic nitrogens is 2. The zero-order valence-electron chi connectivity index (χ0n) is 13.6. The highest BCUT2D eigenvalue weighted by molar-refractivity contribution is 7.86. The molecule has 1 aromatic heterocycles.